The number of ether oxygens (including phenoxy) is 1. The highest BCUT2D eigenvalue weighted by Crippen LogP contribution is 2.30. The third-order valence-electron chi connectivity index (χ3n) is 5.51. The third-order valence-corrected chi connectivity index (χ3v) is 7.68. The number of sulfonamides is 1. The molecule has 204 valence electrons. The lowest BCUT2D eigenvalue weighted by Gasteiger charge is -2.33. The van der Waals surface area contributed by atoms with Crippen LogP contribution in [-0.4, -0.2) is 57.6 Å². The highest BCUT2D eigenvalue weighted by Gasteiger charge is 2.32. The molecule has 8 nitrogen and oxygen atoms in total. The molecule has 0 radical (unpaired) electrons. The Morgan fingerprint density at radius 1 is 1.03 bits per heavy atom. The number of benzene rings is 2. The molecule has 2 rings (SSSR count). The van der Waals surface area contributed by atoms with E-state index in [4.69, 9.17) is 39.5 Å². The predicted molar refractivity (Wildman–Crippen MR) is 149 cm³/mol. The second-order valence-electron chi connectivity index (χ2n) is 8.92. The van der Waals surface area contributed by atoms with Gasteiger partial charge in [-0.25, -0.2) is 8.42 Å². The number of nitrogens with zero attached hydrogens (tertiary/aromatic N) is 2. The van der Waals surface area contributed by atoms with Crippen LogP contribution in [0.3, 0.4) is 0 Å². The van der Waals surface area contributed by atoms with Crippen LogP contribution in [0.5, 0.6) is 5.75 Å². The van der Waals surface area contributed by atoms with Gasteiger partial charge in [-0.3, -0.25) is 13.9 Å². The van der Waals surface area contributed by atoms with E-state index in [0.29, 0.717) is 34.3 Å². The number of anilines is 1. The number of amides is 2. The molecule has 0 aliphatic rings. The zero-order chi connectivity index (χ0) is 27.9. The Bertz CT molecular complexity index is 1220. The van der Waals surface area contributed by atoms with Crippen molar-refractivity contribution in [1.82, 2.24) is 10.2 Å². The predicted octanol–water partition coefficient (Wildman–Crippen LogP) is 5.00. The molecule has 2 aromatic carbocycles. The molecule has 0 saturated heterocycles. The summed E-state index contributed by atoms with van der Waals surface area (Å²) in [4.78, 5) is 28.2. The molecule has 0 heterocycles. The number of carbonyl (C=O) groups is 2. The summed E-state index contributed by atoms with van der Waals surface area (Å²) in [6.07, 6.45) is 1.30. The number of halogens is 3. The van der Waals surface area contributed by atoms with Crippen molar-refractivity contribution in [2.45, 2.75) is 39.8 Å². The topological polar surface area (TPSA) is 96.0 Å². The number of carbonyl (C=O) groups excluding carboxylic acids is 2. The van der Waals surface area contributed by atoms with Gasteiger partial charge in [0, 0.05) is 13.1 Å². The van der Waals surface area contributed by atoms with Crippen molar-refractivity contribution in [3.8, 4) is 5.75 Å². The molecule has 0 aliphatic heterocycles. The molecule has 0 spiro atoms. The van der Waals surface area contributed by atoms with Gasteiger partial charge in [0.2, 0.25) is 21.8 Å². The normalized spacial score (nSPS) is 12.2. The van der Waals surface area contributed by atoms with E-state index in [-0.39, 0.29) is 29.1 Å². The van der Waals surface area contributed by atoms with E-state index in [1.165, 1.54) is 30.2 Å². The molecule has 0 saturated carbocycles. The van der Waals surface area contributed by atoms with Crippen LogP contribution in [0.25, 0.3) is 0 Å². The maximum absolute atomic E-state index is 13.7. The van der Waals surface area contributed by atoms with Crippen LogP contribution in [0.1, 0.15) is 32.8 Å². The summed E-state index contributed by atoms with van der Waals surface area (Å²) in [6.45, 7) is 5.62. The van der Waals surface area contributed by atoms with Crippen molar-refractivity contribution in [1.29, 1.82) is 0 Å². The van der Waals surface area contributed by atoms with E-state index in [2.05, 4.69) is 5.32 Å². The average Bonchev–Trinajstić information content (AvgIpc) is 2.82. The lowest BCUT2D eigenvalue weighted by molar-refractivity contribution is -0.140. The zero-order valence-electron chi connectivity index (χ0n) is 21.4. The van der Waals surface area contributed by atoms with Gasteiger partial charge in [-0.05, 0) is 48.2 Å². The molecule has 1 atom stereocenters. The summed E-state index contributed by atoms with van der Waals surface area (Å²) >= 11 is 18.4. The maximum atomic E-state index is 13.7. The molecule has 0 bridgehead atoms. The van der Waals surface area contributed by atoms with Gasteiger partial charge in [-0.1, -0.05) is 61.6 Å². The first-order valence-electron chi connectivity index (χ1n) is 11.6. The standard InChI is InChI=1S/C25H32Cl3N3O5S/c1-6-22(25(33)29-13-16(2)3)30(14-17-7-9-19(26)20(27)11-17)24(32)15-31(37(5,34)35)18-8-10-23(36-4)21(28)12-18/h7-12,16,22H,6,13-15H2,1-5H3,(H,29,33)/t22-/m0/s1. The van der Waals surface area contributed by atoms with Crippen LogP contribution in [0.2, 0.25) is 15.1 Å². The van der Waals surface area contributed by atoms with Gasteiger partial charge >= 0.3 is 0 Å². The van der Waals surface area contributed by atoms with Gasteiger partial charge in [0.25, 0.3) is 0 Å². The molecule has 0 aliphatic carbocycles. The largest absolute Gasteiger partial charge is 0.495 e. The SMILES string of the molecule is CC[C@@H](C(=O)NCC(C)C)N(Cc1ccc(Cl)c(Cl)c1)C(=O)CN(c1ccc(OC)c(Cl)c1)S(C)(=O)=O. The summed E-state index contributed by atoms with van der Waals surface area (Å²) < 4.78 is 31.5. The third kappa shape index (κ3) is 8.67. The van der Waals surface area contributed by atoms with Crippen molar-refractivity contribution in [3.05, 3.63) is 57.0 Å². The Hall–Kier alpha value is -2.20. The smallest absolute Gasteiger partial charge is 0.244 e. The van der Waals surface area contributed by atoms with Gasteiger partial charge in [0.05, 0.1) is 34.1 Å². The fourth-order valence-electron chi connectivity index (χ4n) is 3.60. The van der Waals surface area contributed by atoms with E-state index < -0.39 is 28.5 Å². The van der Waals surface area contributed by atoms with Gasteiger partial charge in [-0.15, -0.1) is 0 Å². The van der Waals surface area contributed by atoms with Crippen molar-refractivity contribution in [2.75, 3.05) is 30.8 Å². The molecule has 37 heavy (non-hydrogen) atoms. The zero-order valence-corrected chi connectivity index (χ0v) is 24.5. The highest BCUT2D eigenvalue weighted by molar-refractivity contribution is 7.92. The van der Waals surface area contributed by atoms with E-state index in [9.17, 15) is 18.0 Å². The second-order valence-corrected chi connectivity index (χ2v) is 12.1. The molecule has 0 fully saturated rings. The fraction of sp³-hybridized carbons (Fsp3) is 0.440. The Kier molecular flexibility index (Phi) is 11.4. The van der Waals surface area contributed by atoms with E-state index in [1.54, 1.807) is 25.1 Å². The first-order chi connectivity index (χ1) is 17.3. The lowest BCUT2D eigenvalue weighted by Crippen LogP contribution is -2.52. The van der Waals surface area contributed by atoms with Gasteiger partial charge in [0.15, 0.2) is 0 Å². The number of methoxy groups -OCH3 is 1. The Balaban J connectivity index is 2.47. The van der Waals surface area contributed by atoms with Crippen molar-refractivity contribution in [2.24, 2.45) is 5.92 Å². The van der Waals surface area contributed by atoms with Crippen molar-refractivity contribution < 1.29 is 22.7 Å². The van der Waals surface area contributed by atoms with Crippen molar-refractivity contribution in [3.63, 3.8) is 0 Å². The number of hydrogen-bond acceptors (Lipinski definition) is 5. The molecule has 2 amide bonds. The average molecular weight is 593 g/mol. The molecule has 1 N–H and O–H groups in total. The summed E-state index contributed by atoms with van der Waals surface area (Å²) in [5.41, 5.74) is 0.824. The number of hydrogen-bond donors (Lipinski definition) is 1. The molecule has 0 aromatic heterocycles. The summed E-state index contributed by atoms with van der Waals surface area (Å²) in [6, 6.07) is 8.48. The van der Waals surface area contributed by atoms with Gasteiger partial charge in [-0.2, -0.15) is 0 Å². The minimum absolute atomic E-state index is 0.0182. The summed E-state index contributed by atoms with van der Waals surface area (Å²) in [5, 5.41) is 3.71. The maximum Gasteiger partial charge on any atom is 0.244 e. The van der Waals surface area contributed by atoms with Crippen LogP contribution >= 0.6 is 34.8 Å². The fourth-order valence-corrected chi connectivity index (χ4v) is 5.01. The van der Waals surface area contributed by atoms with Gasteiger partial charge in [0.1, 0.15) is 18.3 Å². The van der Waals surface area contributed by atoms with E-state index in [1.807, 2.05) is 13.8 Å². The van der Waals surface area contributed by atoms with Crippen LogP contribution in [-0.2, 0) is 26.2 Å². The Morgan fingerprint density at radius 2 is 1.70 bits per heavy atom. The van der Waals surface area contributed by atoms with Crippen LogP contribution in [0, 0.1) is 5.92 Å². The minimum Gasteiger partial charge on any atom is -0.495 e. The van der Waals surface area contributed by atoms with Crippen LogP contribution in [0.15, 0.2) is 36.4 Å². The van der Waals surface area contributed by atoms with E-state index >= 15 is 0 Å². The summed E-state index contributed by atoms with van der Waals surface area (Å²) in [5.74, 6) is -0.335. The minimum atomic E-state index is -3.89. The number of rotatable bonds is 12. The molecular formula is C25H32Cl3N3O5S. The van der Waals surface area contributed by atoms with E-state index in [0.717, 1.165) is 10.6 Å². The van der Waals surface area contributed by atoms with Crippen LogP contribution in [0.4, 0.5) is 5.69 Å². The van der Waals surface area contributed by atoms with Gasteiger partial charge < -0.3 is 15.0 Å². The second kappa shape index (κ2) is 13.6. The highest BCUT2D eigenvalue weighted by atomic mass is 35.5. The van der Waals surface area contributed by atoms with Crippen molar-refractivity contribution >= 4 is 62.3 Å². The molecule has 12 heteroatoms. The first-order valence-corrected chi connectivity index (χ1v) is 14.6. The first kappa shape index (κ1) is 31.0. The molecule has 0 unspecified atom stereocenters. The monoisotopic (exact) mass is 591 g/mol. The Morgan fingerprint density at radius 3 is 2.22 bits per heavy atom. The molecule has 2 aromatic rings. The Labute approximate surface area is 233 Å². The number of nitrogens with one attached hydrogen (secondary N) is 1. The van der Waals surface area contributed by atoms with Crippen LogP contribution < -0.4 is 14.4 Å². The quantitative estimate of drug-likeness (QED) is 0.374. The lowest BCUT2D eigenvalue weighted by atomic mass is 10.1. The molecular weight excluding hydrogens is 561 g/mol. The summed E-state index contributed by atoms with van der Waals surface area (Å²) in [7, 11) is -2.46.